The highest BCUT2D eigenvalue weighted by atomic mass is 15.3. The summed E-state index contributed by atoms with van der Waals surface area (Å²) in [7, 11) is 4.70. The average Bonchev–Trinajstić information content (AvgIpc) is 2.44. The van der Waals surface area contributed by atoms with Crippen LogP contribution in [0.15, 0.2) is 0 Å². The molecule has 0 spiro atoms. The van der Waals surface area contributed by atoms with Crippen molar-refractivity contribution in [3.8, 4) is 0 Å². The Morgan fingerprint density at radius 1 is 0.500 bits per heavy atom. The second kappa shape index (κ2) is 13.9. The molecule has 122 valence electrons. The summed E-state index contributed by atoms with van der Waals surface area (Å²) in [4.78, 5) is 0. The van der Waals surface area contributed by atoms with Crippen molar-refractivity contribution in [2.24, 2.45) is 0 Å². The van der Waals surface area contributed by atoms with Crippen molar-refractivity contribution < 1.29 is 4.48 Å². The predicted octanol–water partition coefficient (Wildman–Crippen LogP) is 6.17. The Labute approximate surface area is 129 Å². The molecule has 0 bridgehead atoms. The van der Waals surface area contributed by atoms with Crippen LogP contribution in [-0.2, 0) is 0 Å². The van der Waals surface area contributed by atoms with Crippen LogP contribution in [0.5, 0.6) is 0 Å². The van der Waals surface area contributed by atoms with Gasteiger partial charge in [-0.05, 0) is 19.8 Å². The van der Waals surface area contributed by atoms with Crippen LogP contribution in [0.1, 0.15) is 97.3 Å². The van der Waals surface area contributed by atoms with Gasteiger partial charge in [0.25, 0.3) is 0 Å². The van der Waals surface area contributed by atoms with E-state index in [9.17, 15) is 0 Å². The maximum absolute atomic E-state index is 2.35. The molecule has 0 aliphatic rings. The van der Waals surface area contributed by atoms with Crippen molar-refractivity contribution in [1.29, 1.82) is 0 Å². The van der Waals surface area contributed by atoms with Crippen molar-refractivity contribution >= 4 is 0 Å². The summed E-state index contributed by atoms with van der Waals surface area (Å²) in [6.07, 6.45) is 18.9. The summed E-state index contributed by atoms with van der Waals surface area (Å²) in [6, 6.07) is 0. The minimum Gasteiger partial charge on any atom is -0.329 e. The Morgan fingerprint density at radius 2 is 0.850 bits per heavy atom. The first kappa shape index (κ1) is 20.0. The van der Waals surface area contributed by atoms with E-state index in [1.54, 1.807) is 0 Å². The van der Waals surface area contributed by atoms with Gasteiger partial charge in [-0.15, -0.1) is 0 Å². The van der Waals surface area contributed by atoms with Crippen molar-refractivity contribution in [1.82, 2.24) is 0 Å². The second-order valence-electron chi connectivity index (χ2n) is 7.22. The number of nitrogens with zero attached hydrogens (tertiary/aromatic N) is 1. The molecular formula is C19H42N+. The minimum atomic E-state index is 1.19. The van der Waals surface area contributed by atoms with E-state index in [0.29, 0.717) is 0 Å². The van der Waals surface area contributed by atoms with E-state index in [4.69, 9.17) is 0 Å². The van der Waals surface area contributed by atoms with Crippen molar-refractivity contribution in [3.63, 3.8) is 0 Å². The van der Waals surface area contributed by atoms with E-state index in [-0.39, 0.29) is 0 Å². The lowest BCUT2D eigenvalue weighted by atomic mass is 10.0. The highest BCUT2D eigenvalue weighted by Gasteiger charge is 2.09. The van der Waals surface area contributed by atoms with Crippen molar-refractivity contribution in [2.75, 3.05) is 27.2 Å². The number of hydrogen-bond donors (Lipinski definition) is 0. The first-order chi connectivity index (χ1) is 9.62. The van der Waals surface area contributed by atoms with E-state index in [1.807, 2.05) is 0 Å². The van der Waals surface area contributed by atoms with E-state index in [0.717, 1.165) is 0 Å². The molecule has 20 heavy (non-hydrogen) atoms. The van der Waals surface area contributed by atoms with Crippen LogP contribution in [-0.4, -0.2) is 31.7 Å². The van der Waals surface area contributed by atoms with Crippen molar-refractivity contribution in [2.45, 2.75) is 97.3 Å². The molecule has 0 aromatic rings. The van der Waals surface area contributed by atoms with Gasteiger partial charge in [0, 0.05) is 0 Å². The molecule has 0 saturated heterocycles. The average molecular weight is 285 g/mol. The van der Waals surface area contributed by atoms with Crippen LogP contribution in [0.2, 0.25) is 0 Å². The van der Waals surface area contributed by atoms with Gasteiger partial charge in [-0.3, -0.25) is 0 Å². The number of unbranched alkanes of at least 4 members (excludes halogenated alkanes) is 12. The van der Waals surface area contributed by atoms with Gasteiger partial charge >= 0.3 is 0 Å². The summed E-state index contributed by atoms with van der Waals surface area (Å²) in [5, 5.41) is 0. The van der Waals surface area contributed by atoms with Crippen LogP contribution in [0.25, 0.3) is 0 Å². The van der Waals surface area contributed by atoms with E-state index >= 15 is 0 Å². The normalized spacial score (nSPS) is 12.0. The quantitative estimate of drug-likeness (QED) is 0.249. The highest BCUT2D eigenvalue weighted by Crippen LogP contribution is 2.13. The molecule has 0 radical (unpaired) electrons. The third-order valence-corrected chi connectivity index (χ3v) is 4.72. The number of quaternary nitrogens is 1. The molecule has 0 unspecified atom stereocenters. The summed E-state index contributed by atoms with van der Waals surface area (Å²) < 4.78 is 1.19. The molecule has 0 atom stereocenters. The molecule has 0 aromatic heterocycles. The van der Waals surface area contributed by atoms with Gasteiger partial charge in [-0.25, -0.2) is 0 Å². The fourth-order valence-corrected chi connectivity index (χ4v) is 2.72. The second-order valence-corrected chi connectivity index (χ2v) is 7.22. The molecule has 0 rings (SSSR count). The molecule has 0 N–H and O–H groups in total. The van der Waals surface area contributed by atoms with E-state index in [1.165, 1.54) is 101 Å². The standard InChI is InChI=1S/C19H42N/c1-5-7-8-9-10-11-12-13-14-15-16-17-18-19-20(3,4)6-2/h5-19H2,1-4H3/q+1. The largest absolute Gasteiger partial charge is 0.329 e. The topological polar surface area (TPSA) is 0 Å². The molecular weight excluding hydrogens is 242 g/mol. The zero-order valence-corrected chi connectivity index (χ0v) is 15.1. The highest BCUT2D eigenvalue weighted by molar-refractivity contribution is 4.49. The molecule has 1 nitrogen and oxygen atoms in total. The molecule has 0 aromatic carbocycles. The first-order valence-electron chi connectivity index (χ1n) is 9.44. The van der Waals surface area contributed by atoms with Gasteiger partial charge in [-0.1, -0.05) is 77.6 Å². The van der Waals surface area contributed by atoms with Gasteiger partial charge in [0.2, 0.25) is 0 Å². The van der Waals surface area contributed by atoms with Crippen LogP contribution < -0.4 is 0 Å². The van der Waals surface area contributed by atoms with Crippen LogP contribution in [0.3, 0.4) is 0 Å². The summed E-state index contributed by atoms with van der Waals surface area (Å²) in [6.45, 7) is 7.21. The monoisotopic (exact) mass is 284 g/mol. The molecule has 1 heteroatoms. The van der Waals surface area contributed by atoms with Gasteiger partial charge in [0.15, 0.2) is 0 Å². The molecule has 0 aliphatic carbocycles. The zero-order chi connectivity index (χ0) is 15.1. The Hall–Kier alpha value is -0.0400. The number of hydrogen-bond acceptors (Lipinski definition) is 0. The van der Waals surface area contributed by atoms with Gasteiger partial charge < -0.3 is 4.48 Å². The minimum absolute atomic E-state index is 1.19. The number of rotatable bonds is 15. The lowest BCUT2D eigenvalue weighted by Crippen LogP contribution is -2.39. The Balaban J connectivity index is 3.06. The smallest absolute Gasteiger partial charge is 0.0782 e. The Bertz CT molecular complexity index is 186. The van der Waals surface area contributed by atoms with E-state index < -0.39 is 0 Å². The third kappa shape index (κ3) is 14.4. The van der Waals surface area contributed by atoms with E-state index in [2.05, 4.69) is 27.9 Å². The molecule has 0 fully saturated rings. The fourth-order valence-electron chi connectivity index (χ4n) is 2.72. The lowest BCUT2D eigenvalue weighted by Gasteiger charge is -2.28. The molecule has 0 saturated carbocycles. The van der Waals surface area contributed by atoms with Gasteiger partial charge in [-0.2, -0.15) is 0 Å². The summed E-state index contributed by atoms with van der Waals surface area (Å²) in [5.74, 6) is 0. The molecule has 0 heterocycles. The van der Waals surface area contributed by atoms with Gasteiger partial charge in [0.05, 0.1) is 27.2 Å². The fraction of sp³-hybridized carbons (Fsp3) is 1.00. The van der Waals surface area contributed by atoms with Crippen LogP contribution >= 0.6 is 0 Å². The lowest BCUT2D eigenvalue weighted by molar-refractivity contribution is -0.888. The maximum atomic E-state index is 2.35. The maximum Gasteiger partial charge on any atom is 0.0782 e. The zero-order valence-electron chi connectivity index (χ0n) is 15.1. The molecule has 0 aliphatic heterocycles. The van der Waals surface area contributed by atoms with Crippen molar-refractivity contribution in [3.05, 3.63) is 0 Å². The first-order valence-corrected chi connectivity index (χ1v) is 9.44. The van der Waals surface area contributed by atoms with Crippen LogP contribution in [0, 0.1) is 0 Å². The third-order valence-electron chi connectivity index (χ3n) is 4.72. The Morgan fingerprint density at radius 3 is 1.20 bits per heavy atom. The predicted molar refractivity (Wildman–Crippen MR) is 93.2 cm³/mol. The summed E-state index contributed by atoms with van der Waals surface area (Å²) in [5.41, 5.74) is 0. The van der Waals surface area contributed by atoms with Gasteiger partial charge in [0.1, 0.15) is 0 Å². The van der Waals surface area contributed by atoms with Crippen LogP contribution in [0.4, 0.5) is 0 Å². The molecule has 0 amide bonds. The Kier molecular flexibility index (Phi) is 13.9. The summed E-state index contributed by atoms with van der Waals surface area (Å²) >= 11 is 0. The SMILES string of the molecule is CCCCCCCCCCCCCCC[N+](C)(C)CC.